The van der Waals surface area contributed by atoms with Crippen molar-refractivity contribution in [3.05, 3.63) is 21.0 Å². The van der Waals surface area contributed by atoms with Gasteiger partial charge in [0.2, 0.25) is 0 Å². The van der Waals surface area contributed by atoms with E-state index in [0.717, 1.165) is 31.6 Å². The van der Waals surface area contributed by atoms with Crippen molar-refractivity contribution in [2.75, 3.05) is 31.6 Å². The largest absolute Gasteiger partial charge is 0.444 e. The van der Waals surface area contributed by atoms with Crippen molar-refractivity contribution in [1.82, 2.24) is 14.7 Å². The molecular weight excluding hydrogens is 388 g/mol. The second-order valence-electron chi connectivity index (χ2n) is 7.56. The van der Waals surface area contributed by atoms with Crippen LogP contribution in [0.15, 0.2) is 15.5 Å². The number of anilines is 1. The van der Waals surface area contributed by atoms with Crippen molar-refractivity contribution in [2.24, 2.45) is 13.0 Å². The molecule has 0 aliphatic carbocycles. The number of piperidine rings is 1. The number of carbonyl (C=O) groups excluding carboxylic acids is 1. The number of rotatable bonds is 3. The van der Waals surface area contributed by atoms with Gasteiger partial charge in [-0.2, -0.15) is 5.10 Å². The predicted molar refractivity (Wildman–Crippen MR) is 101 cm³/mol. The Labute approximate surface area is 157 Å². The molecule has 0 spiro atoms. The first-order valence-corrected chi connectivity index (χ1v) is 9.28. The highest BCUT2D eigenvalue weighted by molar-refractivity contribution is 9.10. The molecule has 1 amide bonds. The minimum atomic E-state index is -0.479. The number of hydrogen-bond acceptors (Lipinski definition) is 5. The van der Waals surface area contributed by atoms with Gasteiger partial charge in [0.05, 0.1) is 11.9 Å². The van der Waals surface area contributed by atoms with Crippen molar-refractivity contribution in [2.45, 2.75) is 39.2 Å². The lowest BCUT2D eigenvalue weighted by atomic mass is 9.96. The van der Waals surface area contributed by atoms with Gasteiger partial charge in [0.1, 0.15) is 10.1 Å². The fourth-order valence-corrected chi connectivity index (χ4v) is 3.49. The molecule has 7 nitrogen and oxygen atoms in total. The Balaban J connectivity index is 1.91. The van der Waals surface area contributed by atoms with Crippen molar-refractivity contribution in [3.63, 3.8) is 0 Å². The molecule has 2 rings (SSSR count). The lowest BCUT2D eigenvalue weighted by Gasteiger charge is -2.35. The van der Waals surface area contributed by atoms with E-state index in [1.807, 2.05) is 20.8 Å². The quantitative estimate of drug-likeness (QED) is 0.760. The molecule has 2 heterocycles. The van der Waals surface area contributed by atoms with Gasteiger partial charge < -0.3 is 14.5 Å². The fourth-order valence-electron chi connectivity index (χ4n) is 2.88. The summed E-state index contributed by atoms with van der Waals surface area (Å²) in [4.78, 5) is 27.9. The Kier molecular flexibility index (Phi) is 6.13. The topological polar surface area (TPSA) is 67.7 Å². The molecule has 1 saturated heterocycles. The summed E-state index contributed by atoms with van der Waals surface area (Å²) in [5, 5.41) is 4.10. The van der Waals surface area contributed by atoms with Crippen molar-refractivity contribution in [1.29, 1.82) is 0 Å². The van der Waals surface area contributed by atoms with Gasteiger partial charge in [0.15, 0.2) is 0 Å². The fraction of sp³-hybridized carbons (Fsp3) is 0.706. The van der Waals surface area contributed by atoms with E-state index in [9.17, 15) is 9.59 Å². The van der Waals surface area contributed by atoms with Crippen LogP contribution in [0.1, 0.15) is 33.6 Å². The monoisotopic (exact) mass is 414 g/mol. The van der Waals surface area contributed by atoms with Crippen LogP contribution in [-0.2, 0) is 11.8 Å². The van der Waals surface area contributed by atoms with Crippen LogP contribution in [-0.4, -0.2) is 53.1 Å². The third-order valence-corrected chi connectivity index (χ3v) is 5.00. The first kappa shape index (κ1) is 19.8. The maximum atomic E-state index is 12.1. The lowest BCUT2D eigenvalue weighted by Crippen LogP contribution is -2.41. The van der Waals surface area contributed by atoms with Crippen LogP contribution in [0.4, 0.5) is 10.5 Å². The van der Waals surface area contributed by atoms with E-state index < -0.39 is 5.60 Å². The zero-order valence-electron chi connectivity index (χ0n) is 15.6. The molecule has 0 saturated carbocycles. The Bertz CT molecular complexity index is 675. The summed E-state index contributed by atoms with van der Waals surface area (Å²) in [7, 11) is 3.41. The number of hydrogen-bond donors (Lipinski definition) is 0. The van der Waals surface area contributed by atoms with Gasteiger partial charge in [-0.05, 0) is 55.5 Å². The standard InChI is InChI=1S/C17H27BrN4O3/c1-17(2,3)25-16(24)20(4)11-12-6-8-22(9-7-12)13-10-19-21(5)15(23)14(13)18/h10,12H,6-9,11H2,1-5H3. The third kappa shape index (κ3) is 5.20. The van der Waals surface area contributed by atoms with Crippen LogP contribution >= 0.6 is 15.9 Å². The van der Waals surface area contributed by atoms with Crippen molar-refractivity contribution >= 4 is 27.7 Å². The average Bonchev–Trinajstić information content (AvgIpc) is 2.52. The highest BCUT2D eigenvalue weighted by Crippen LogP contribution is 2.27. The molecule has 140 valence electrons. The molecule has 25 heavy (non-hydrogen) atoms. The molecule has 1 aromatic rings. The maximum absolute atomic E-state index is 12.1. The molecular formula is C17H27BrN4O3. The van der Waals surface area contributed by atoms with Crippen molar-refractivity contribution in [3.8, 4) is 0 Å². The Morgan fingerprint density at radius 2 is 2.00 bits per heavy atom. The summed E-state index contributed by atoms with van der Waals surface area (Å²) in [6.45, 7) is 7.95. The number of ether oxygens (including phenoxy) is 1. The summed E-state index contributed by atoms with van der Waals surface area (Å²) < 4.78 is 7.26. The second-order valence-corrected chi connectivity index (χ2v) is 8.36. The first-order chi connectivity index (χ1) is 11.6. The number of aryl methyl sites for hydroxylation is 1. The Morgan fingerprint density at radius 3 is 2.56 bits per heavy atom. The smallest absolute Gasteiger partial charge is 0.410 e. The summed E-state index contributed by atoms with van der Waals surface area (Å²) in [5.74, 6) is 0.423. The zero-order chi connectivity index (χ0) is 18.8. The molecule has 0 bridgehead atoms. The number of nitrogens with zero attached hydrogens (tertiary/aromatic N) is 4. The van der Waals surface area contributed by atoms with Crippen LogP contribution in [0.25, 0.3) is 0 Å². The molecule has 8 heteroatoms. The molecule has 0 aromatic carbocycles. The zero-order valence-corrected chi connectivity index (χ0v) is 17.2. The molecule has 0 unspecified atom stereocenters. The average molecular weight is 415 g/mol. The van der Waals surface area contributed by atoms with E-state index in [0.29, 0.717) is 16.9 Å². The van der Waals surface area contributed by atoms with Gasteiger partial charge in [-0.15, -0.1) is 0 Å². The minimum Gasteiger partial charge on any atom is -0.444 e. The molecule has 1 fully saturated rings. The van der Waals surface area contributed by atoms with Crippen LogP contribution in [0.5, 0.6) is 0 Å². The number of aromatic nitrogens is 2. The SMILES string of the molecule is CN(CC1CCN(c2cnn(C)c(=O)c2Br)CC1)C(=O)OC(C)(C)C. The van der Waals surface area contributed by atoms with E-state index in [1.54, 1.807) is 25.2 Å². The Morgan fingerprint density at radius 1 is 1.40 bits per heavy atom. The van der Waals surface area contributed by atoms with Gasteiger partial charge >= 0.3 is 6.09 Å². The molecule has 1 aliphatic heterocycles. The number of carbonyl (C=O) groups is 1. The molecule has 0 radical (unpaired) electrons. The van der Waals surface area contributed by atoms with Gasteiger partial charge in [0.25, 0.3) is 5.56 Å². The van der Waals surface area contributed by atoms with E-state index in [2.05, 4.69) is 25.9 Å². The summed E-state index contributed by atoms with van der Waals surface area (Å²) in [5.41, 5.74) is 0.222. The predicted octanol–water partition coefficient (Wildman–Crippen LogP) is 2.63. The molecule has 1 aromatic heterocycles. The van der Waals surface area contributed by atoms with Crippen LogP contribution in [0.2, 0.25) is 0 Å². The van der Waals surface area contributed by atoms with E-state index in [1.165, 1.54) is 4.68 Å². The highest BCUT2D eigenvalue weighted by Gasteiger charge is 2.26. The summed E-state index contributed by atoms with van der Waals surface area (Å²) in [6, 6.07) is 0. The van der Waals surface area contributed by atoms with Gasteiger partial charge in [-0.25, -0.2) is 9.48 Å². The van der Waals surface area contributed by atoms with E-state index >= 15 is 0 Å². The first-order valence-electron chi connectivity index (χ1n) is 8.49. The molecule has 0 N–H and O–H groups in total. The van der Waals surface area contributed by atoms with Crippen molar-refractivity contribution < 1.29 is 9.53 Å². The van der Waals surface area contributed by atoms with E-state index in [-0.39, 0.29) is 11.7 Å². The van der Waals surface area contributed by atoms with Crippen LogP contribution in [0.3, 0.4) is 0 Å². The van der Waals surface area contributed by atoms with Crippen LogP contribution in [0, 0.1) is 5.92 Å². The van der Waals surface area contributed by atoms with Crippen LogP contribution < -0.4 is 10.5 Å². The van der Waals surface area contributed by atoms with Gasteiger partial charge in [-0.3, -0.25) is 4.79 Å². The van der Waals surface area contributed by atoms with E-state index in [4.69, 9.17) is 4.74 Å². The lowest BCUT2D eigenvalue weighted by molar-refractivity contribution is 0.0266. The third-order valence-electron chi connectivity index (χ3n) is 4.25. The second kappa shape index (κ2) is 7.76. The normalized spacial score (nSPS) is 16.0. The summed E-state index contributed by atoms with van der Waals surface area (Å²) >= 11 is 3.38. The highest BCUT2D eigenvalue weighted by atomic mass is 79.9. The minimum absolute atomic E-state index is 0.135. The molecule has 0 atom stereocenters. The number of halogens is 1. The molecule has 1 aliphatic rings. The Hall–Kier alpha value is -1.57. The van der Waals surface area contributed by atoms with Gasteiger partial charge in [-0.1, -0.05) is 0 Å². The number of amides is 1. The maximum Gasteiger partial charge on any atom is 0.410 e. The van der Waals surface area contributed by atoms with Gasteiger partial charge in [0, 0.05) is 33.7 Å². The summed E-state index contributed by atoms with van der Waals surface area (Å²) in [6.07, 6.45) is 3.34.